The van der Waals surface area contributed by atoms with E-state index in [0.29, 0.717) is 47.8 Å². The van der Waals surface area contributed by atoms with Crippen molar-refractivity contribution in [2.75, 3.05) is 38.4 Å². The van der Waals surface area contributed by atoms with Crippen molar-refractivity contribution in [2.45, 2.75) is 6.42 Å². The number of halogens is 2. The minimum absolute atomic E-state index is 0.265. The number of benzene rings is 2. The zero-order chi connectivity index (χ0) is 23.6. The molecule has 0 bridgehead atoms. The van der Waals surface area contributed by atoms with E-state index in [1.54, 1.807) is 12.1 Å². The van der Waals surface area contributed by atoms with Crippen LogP contribution in [0.25, 0.3) is 16.6 Å². The number of sulfonamides is 1. The summed E-state index contributed by atoms with van der Waals surface area (Å²) in [6.07, 6.45) is 3.95. The molecule has 0 amide bonds. The van der Waals surface area contributed by atoms with E-state index in [1.807, 2.05) is 35.0 Å². The van der Waals surface area contributed by atoms with Gasteiger partial charge in [-0.25, -0.2) is 12.7 Å². The Kier molecular flexibility index (Phi) is 7.05. The Morgan fingerprint density at radius 2 is 1.94 bits per heavy atom. The maximum Gasteiger partial charge on any atom is 0.211 e. The molecule has 0 aliphatic carbocycles. The molecule has 1 fully saturated rings. The summed E-state index contributed by atoms with van der Waals surface area (Å²) in [4.78, 5) is 0. The summed E-state index contributed by atoms with van der Waals surface area (Å²) in [5.41, 5.74) is 2.04. The Labute approximate surface area is 203 Å². The fourth-order valence-corrected chi connectivity index (χ4v) is 5.15. The first-order valence-electron chi connectivity index (χ1n) is 10.4. The van der Waals surface area contributed by atoms with Gasteiger partial charge >= 0.3 is 0 Å². The first-order valence-corrected chi connectivity index (χ1v) is 13.2. The van der Waals surface area contributed by atoms with Gasteiger partial charge in [-0.3, -0.25) is 0 Å². The van der Waals surface area contributed by atoms with Gasteiger partial charge < -0.3 is 14.0 Å². The van der Waals surface area contributed by atoms with Crippen LogP contribution in [-0.4, -0.2) is 55.7 Å². The Morgan fingerprint density at radius 3 is 2.64 bits per heavy atom. The highest BCUT2D eigenvalue weighted by Gasteiger charge is 2.32. The minimum atomic E-state index is -3.08. The van der Waals surface area contributed by atoms with Crippen molar-refractivity contribution >= 4 is 44.1 Å². The SMILES string of the molecule is CS(=O)(=O)N1CC(CCOc2ccc3c(ccn3-c3cc(Cl)c(OCCCl)c(C#N)c3)c2)C1. The van der Waals surface area contributed by atoms with Gasteiger partial charge in [0.1, 0.15) is 18.4 Å². The van der Waals surface area contributed by atoms with Gasteiger partial charge in [0.2, 0.25) is 10.0 Å². The zero-order valence-corrected chi connectivity index (χ0v) is 20.3. The van der Waals surface area contributed by atoms with Crippen molar-refractivity contribution < 1.29 is 17.9 Å². The molecule has 0 atom stereocenters. The molecule has 1 aromatic heterocycles. The number of ether oxygens (including phenoxy) is 2. The number of rotatable bonds is 9. The van der Waals surface area contributed by atoms with E-state index in [-0.39, 0.29) is 6.61 Å². The van der Waals surface area contributed by atoms with E-state index in [1.165, 1.54) is 10.6 Å². The molecule has 0 unspecified atom stereocenters. The molecular weight excluding hydrogens is 485 g/mol. The third-order valence-electron chi connectivity index (χ3n) is 5.60. The average molecular weight is 508 g/mol. The topological polar surface area (TPSA) is 84.6 Å². The van der Waals surface area contributed by atoms with Crippen LogP contribution in [0.1, 0.15) is 12.0 Å². The maximum atomic E-state index is 11.5. The van der Waals surface area contributed by atoms with Crippen LogP contribution in [0, 0.1) is 17.2 Å². The summed E-state index contributed by atoms with van der Waals surface area (Å²) >= 11 is 12.1. The lowest BCUT2D eigenvalue weighted by atomic mass is 10.0. The third kappa shape index (κ3) is 5.22. The molecule has 174 valence electrons. The van der Waals surface area contributed by atoms with Gasteiger partial charge in [-0.15, -0.1) is 11.6 Å². The Hall–Kier alpha value is -2.44. The van der Waals surface area contributed by atoms with Crippen LogP contribution in [-0.2, 0) is 10.0 Å². The normalized spacial score (nSPS) is 14.7. The monoisotopic (exact) mass is 507 g/mol. The molecule has 1 aliphatic rings. The molecule has 2 heterocycles. The minimum Gasteiger partial charge on any atom is -0.494 e. The van der Waals surface area contributed by atoms with E-state index >= 15 is 0 Å². The lowest BCUT2D eigenvalue weighted by Crippen LogP contribution is -2.49. The van der Waals surface area contributed by atoms with Crippen LogP contribution in [0.2, 0.25) is 5.02 Å². The van der Waals surface area contributed by atoms with Crippen LogP contribution in [0.3, 0.4) is 0 Å². The second-order valence-corrected chi connectivity index (χ2v) is 10.7. The zero-order valence-electron chi connectivity index (χ0n) is 18.0. The van der Waals surface area contributed by atoms with Crippen LogP contribution in [0.4, 0.5) is 0 Å². The van der Waals surface area contributed by atoms with E-state index in [0.717, 1.165) is 28.8 Å². The van der Waals surface area contributed by atoms with Crippen LogP contribution in [0.15, 0.2) is 42.6 Å². The van der Waals surface area contributed by atoms with Gasteiger partial charge in [0.15, 0.2) is 5.75 Å². The van der Waals surface area contributed by atoms with Crippen LogP contribution >= 0.6 is 23.2 Å². The maximum absolute atomic E-state index is 11.5. The molecule has 0 N–H and O–H groups in total. The predicted octanol–water partition coefficient (Wildman–Crippen LogP) is 4.43. The molecule has 0 spiro atoms. The van der Waals surface area contributed by atoms with Crippen molar-refractivity contribution in [1.82, 2.24) is 8.87 Å². The smallest absolute Gasteiger partial charge is 0.211 e. The molecule has 3 aromatic rings. The molecule has 7 nitrogen and oxygen atoms in total. The molecule has 1 aliphatic heterocycles. The number of nitriles is 1. The summed E-state index contributed by atoms with van der Waals surface area (Å²) in [6.45, 7) is 1.92. The Balaban J connectivity index is 1.45. The lowest BCUT2D eigenvalue weighted by Gasteiger charge is -2.37. The second-order valence-electron chi connectivity index (χ2n) is 7.94. The predicted molar refractivity (Wildman–Crippen MR) is 129 cm³/mol. The van der Waals surface area contributed by atoms with E-state index in [4.69, 9.17) is 32.7 Å². The van der Waals surface area contributed by atoms with E-state index in [2.05, 4.69) is 6.07 Å². The summed E-state index contributed by atoms with van der Waals surface area (Å²) in [5.74, 6) is 1.72. The molecule has 2 aromatic carbocycles. The average Bonchev–Trinajstić information content (AvgIpc) is 3.16. The quantitative estimate of drug-likeness (QED) is 0.400. The molecule has 10 heteroatoms. The number of fused-ring (bicyclic) bond motifs is 1. The molecule has 0 radical (unpaired) electrons. The van der Waals surface area contributed by atoms with Gasteiger partial charge in [-0.2, -0.15) is 5.26 Å². The van der Waals surface area contributed by atoms with Crippen molar-refractivity contribution in [1.29, 1.82) is 5.26 Å². The van der Waals surface area contributed by atoms with Crippen LogP contribution < -0.4 is 9.47 Å². The summed E-state index contributed by atoms with van der Waals surface area (Å²) in [7, 11) is -3.08. The van der Waals surface area contributed by atoms with Crippen molar-refractivity contribution in [3.8, 4) is 23.3 Å². The first kappa shape index (κ1) is 23.7. The van der Waals surface area contributed by atoms with E-state index in [9.17, 15) is 13.7 Å². The number of aromatic nitrogens is 1. The highest BCUT2D eigenvalue weighted by Crippen LogP contribution is 2.33. The third-order valence-corrected chi connectivity index (χ3v) is 7.27. The highest BCUT2D eigenvalue weighted by atomic mass is 35.5. The fraction of sp³-hybridized carbons (Fsp3) is 0.348. The van der Waals surface area contributed by atoms with Gasteiger partial charge in [0.05, 0.1) is 34.8 Å². The Morgan fingerprint density at radius 1 is 1.15 bits per heavy atom. The van der Waals surface area contributed by atoms with Crippen molar-refractivity contribution in [2.24, 2.45) is 5.92 Å². The first-order chi connectivity index (χ1) is 15.8. The number of hydrogen-bond acceptors (Lipinski definition) is 5. The Bertz CT molecular complexity index is 1310. The number of hydrogen-bond donors (Lipinski definition) is 0. The van der Waals surface area contributed by atoms with Gasteiger partial charge in [0.25, 0.3) is 0 Å². The summed E-state index contributed by atoms with van der Waals surface area (Å²) in [5, 5.41) is 10.9. The number of alkyl halides is 1. The second kappa shape index (κ2) is 9.82. The molecule has 4 rings (SSSR count). The van der Waals surface area contributed by atoms with Crippen LogP contribution in [0.5, 0.6) is 11.5 Å². The van der Waals surface area contributed by atoms with Crippen molar-refractivity contribution in [3.63, 3.8) is 0 Å². The lowest BCUT2D eigenvalue weighted by molar-refractivity contribution is 0.162. The summed E-state index contributed by atoms with van der Waals surface area (Å²) in [6, 6.07) is 13.4. The molecule has 33 heavy (non-hydrogen) atoms. The molecule has 1 saturated heterocycles. The molecule has 0 saturated carbocycles. The highest BCUT2D eigenvalue weighted by molar-refractivity contribution is 7.88. The van der Waals surface area contributed by atoms with Gasteiger partial charge in [-0.1, -0.05) is 11.6 Å². The van der Waals surface area contributed by atoms with Crippen molar-refractivity contribution in [3.05, 3.63) is 53.2 Å². The standard InChI is InChI=1S/C23H23Cl2N3O4S/c1-33(29,30)27-14-16(15-27)5-8-31-20-2-3-22-17(11-20)4-7-28(22)19-10-18(13-26)23(21(25)12-19)32-9-6-24/h2-4,7,10-12,16H,5-6,8-9,14-15H2,1H3. The fourth-order valence-electron chi connectivity index (χ4n) is 3.84. The van der Waals surface area contributed by atoms with Gasteiger partial charge in [-0.05, 0) is 48.7 Å². The largest absolute Gasteiger partial charge is 0.494 e. The summed E-state index contributed by atoms with van der Waals surface area (Å²) < 4.78 is 37.8. The van der Waals surface area contributed by atoms with Gasteiger partial charge in [0, 0.05) is 30.4 Å². The number of nitrogens with zero attached hydrogens (tertiary/aromatic N) is 3. The molecular formula is C23H23Cl2N3O4S. The van der Waals surface area contributed by atoms with E-state index < -0.39 is 10.0 Å².